The first kappa shape index (κ1) is 9.14. The Hall–Kier alpha value is -1.43. The molecule has 0 atom stereocenters. The predicted molar refractivity (Wildman–Crippen MR) is 53.2 cm³/mol. The van der Waals surface area contributed by atoms with Crippen LogP contribution in [0.4, 0.5) is 0 Å². The number of hydrogen-bond acceptors (Lipinski definition) is 3. The second-order valence-electron chi connectivity index (χ2n) is 2.83. The van der Waals surface area contributed by atoms with Crippen molar-refractivity contribution in [2.45, 2.75) is 0 Å². The van der Waals surface area contributed by atoms with Crippen molar-refractivity contribution in [3.05, 3.63) is 22.6 Å². The van der Waals surface area contributed by atoms with Gasteiger partial charge < -0.3 is 9.67 Å². The van der Waals surface area contributed by atoms with E-state index in [0.29, 0.717) is 15.8 Å². The summed E-state index contributed by atoms with van der Waals surface area (Å²) in [5.41, 5.74) is 1.15. The Balaban J connectivity index is 2.90. The summed E-state index contributed by atoms with van der Waals surface area (Å²) in [6.45, 7) is 0. The number of rotatable bonds is 1. The molecule has 0 aliphatic rings. The maximum Gasteiger partial charge on any atom is 0.338 e. The summed E-state index contributed by atoms with van der Waals surface area (Å²) in [4.78, 5) is 19.0. The second-order valence-corrected chi connectivity index (χ2v) is 3.64. The quantitative estimate of drug-likeness (QED) is 0.783. The van der Waals surface area contributed by atoms with Gasteiger partial charge in [0.25, 0.3) is 0 Å². The monoisotopic (exact) mass is 255 g/mol. The minimum absolute atomic E-state index is 0.196. The minimum atomic E-state index is -0.985. The number of nitrogens with zero attached hydrogens (tertiary/aromatic N) is 3. The summed E-state index contributed by atoms with van der Waals surface area (Å²) >= 11 is 3.14. The zero-order chi connectivity index (χ0) is 10.3. The number of carboxylic acids is 1. The molecule has 0 aromatic carbocycles. The van der Waals surface area contributed by atoms with E-state index in [2.05, 4.69) is 25.9 Å². The van der Waals surface area contributed by atoms with E-state index in [1.165, 1.54) is 12.4 Å². The van der Waals surface area contributed by atoms with E-state index in [9.17, 15) is 4.79 Å². The molecule has 0 saturated heterocycles. The molecule has 0 aliphatic carbocycles. The molecule has 2 aromatic heterocycles. The Bertz CT molecular complexity index is 521. The number of aromatic carboxylic acids is 1. The van der Waals surface area contributed by atoms with Crippen LogP contribution >= 0.6 is 15.9 Å². The average molecular weight is 256 g/mol. The van der Waals surface area contributed by atoms with Gasteiger partial charge in [0, 0.05) is 7.05 Å². The van der Waals surface area contributed by atoms with Crippen molar-refractivity contribution >= 4 is 33.1 Å². The molecule has 14 heavy (non-hydrogen) atoms. The van der Waals surface area contributed by atoms with Crippen LogP contribution in [0, 0.1) is 0 Å². The van der Waals surface area contributed by atoms with Crippen LogP contribution in [-0.4, -0.2) is 25.6 Å². The second kappa shape index (κ2) is 3.06. The van der Waals surface area contributed by atoms with Gasteiger partial charge >= 0.3 is 5.97 Å². The van der Waals surface area contributed by atoms with Gasteiger partial charge in [-0.25, -0.2) is 14.8 Å². The van der Waals surface area contributed by atoms with Crippen molar-refractivity contribution in [1.82, 2.24) is 14.5 Å². The molecule has 6 heteroatoms. The Morgan fingerprint density at radius 3 is 3.00 bits per heavy atom. The molecule has 0 unspecified atom stereocenters. The van der Waals surface area contributed by atoms with Crippen molar-refractivity contribution in [3.63, 3.8) is 0 Å². The number of hydrogen-bond donors (Lipinski definition) is 1. The third-order valence-electron chi connectivity index (χ3n) is 1.88. The predicted octanol–water partition coefficient (Wildman–Crippen LogP) is 1.43. The number of carboxylic acid groups (broad SMARTS) is 1. The van der Waals surface area contributed by atoms with Gasteiger partial charge in [0.1, 0.15) is 10.1 Å². The van der Waals surface area contributed by atoms with Crippen LogP contribution in [0.2, 0.25) is 0 Å². The number of halogens is 1. The third-order valence-corrected chi connectivity index (χ3v) is 2.29. The standard InChI is InChI=1S/C8H6BrN3O2/c1-12-3-10-7-6(12)4(8(13)14)2-5(9)11-7/h2-3H,1H3,(H,13,14). The average Bonchev–Trinajstić information content (AvgIpc) is 2.46. The van der Waals surface area contributed by atoms with Crippen LogP contribution in [0.15, 0.2) is 17.0 Å². The Morgan fingerprint density at radius 1 is 1.64 bits per heavy atom. The highest BCUT2D eigenvalue weighted by Crippen LogP contribution is 2.19. The zero-order valence-corrected chi connectivity index (χ0v) is 8.82. The van der Waals surface area contributed by atoms with Gasteiger partial charge in [-0.15, -0.1) is 0 Å². The topological polar surface area (TPSA) is 68.0 Å². The van der Waals surface area contributed by atoms with Crippen LogP contribution in [0.3, 0.4) is 0 Å². The molecular weight excluding hydrogens is 250 g/mol. The maximum absolute atomic E-state index is 10.9. The molecular formula is C8H6BrN3O2. The summed E-state index contributed by atoms with van der Waals surface area (Å²) in [6.07, 6.45) is 1.54. The first-order chi connectivity index (χ1) is 6.59. The molecule has 0 radical (unpaired) electrons. The van der Waals surface area contributed by atoms with E-state index in [4.69, 9.17) is 5.11 Å². The van der Waals surface area contributed by atoms with Gasteiger partial charge in [0.05, 0.1) is 11.9 Å². The normalized spacial score (nSPS) is 10.7. The number of fused-ring (bicyclic) bond motifs is 1. The molecule has 1 N–H and O–H groups in total. The molecule has 2 rings (SSSR count). The molecule has 5 nitrogen and oxygen atoms in total. The number of carbonyl (C=O) groups is 1. The largest absolute Gasteiger partial charge is 0.478 e. The van der Waals surface area contributed by atoms with Gasteiger partial charge in [-0.05, 0) is 22.0 Å². The molecule has 2 aromatic rings. The first-order valence-electron chi connectivity index (χ1n) is 3.80. The number of pyridine rings is 1. The summed E-state index contributed by atoms with van der Waals surface area (Å²) < 4.78 is 2.11. The Labute approximate surface area is 87.5 Å². The summed E-state index contributed by atoms with van der Waals surface area (Å²) in [5.74, 6) is -0.985. The van der Waals surface area contributed by atoms with E-state index in [-0.39, 0.29) is 5.56 Å². The van der Waals surface area contributed by atoms with Crippen LogP contribution in [0.25, 0.3) is 11.2 Å². The smallest absolute Gasteiger partial charge is 0.338 e. The van der Waals surface area contributed by atoms with Gasteiger partial charge in [-0.2, -0.15) is 0 Å². The molecule has 0 bridgehead atoms. The van der Waals surface area contributed by atoms with Gasteiger partial charge in [-0.3, -0.25) is 0 Å². The molecule has 0 aliphatic heterocycles. The summed E-state index contributed by atoms with van der Waals surface area (Å²) in [5, 5.41) is 8.96. The maximum atomic E-state index is 10.9. The lowest BCUT2D eigenvalue weighted by atomic mass is 10.2. The zero-order valence-electron chi connectivity index (χ0n) is 7.23. The van der Waals surface area contributed by atoms with E-state index in [0.717, 1.165) is 0 Å². The molecule has 2 heterocycles. The van der Waals surface area contributed by atoms with Gasteiger partial charge in [-0.1, -0.05) is 0 Å². The van der Waals surface area contributed by atoms with E-state index < -0.39 is 5.97 Å². The molecule has 0 spiro atoms. The molecule has 0 amide bonds. The lowest BCUT2D eigenvalue weighted by Crippen LogP contribution is -2.01. The van der Waals surface area contributed by atoms with Crippen molar-refractivity contribution in [1.29, 1.82) is 0 Å². The fourth-order valence-corrected chi connectivity index (χ4v) is 1.69. The lowest BCUT2D eigenvalue weighted by molar-refractivity contribution is 0.0698. The fourth-order valence-electron chi connectivity index (χ4n) is 1.29. The van der Waals surface area contributed by atoms with E-state index in [1.807, 2.05) is 0 Å². The minimum Gasteiger partial charge on any atom is -0.478 e. The van der Waals surface area contributed by atoms with Crippen molar-refractivity contribution in [2.24, 2.45) is 7.05 Å². The molecule has 0 fully saturated rings. The Morgan fingerprint density at radius 2 is 2.36 bits per heavy atom. The number of aromatic nitrogens is 3. The van der Waals surface area contributed by atoms with Crippen molar-refractivity contribution in [2.75, 3.05) is 0 Å². The van der Waals surface area contributed by atoms with E-state index in [1.54, 1.807) is 11.6 Å². The van der Waals surface area contributed by atoms with Gasteiger partial charge in [0.2, 0.25) is 0 Å². The lowest BCUT2D eigenvalue weighted by Gasteiger charge is -2.00. The number of aryl methyl sites for hydroxylation is 1. The highest BCUT2D eigenvalue weighted by molar-refractivity contribution is 9.10. The highest BCUT2D eigenvalue weighted by atomic mass is 79.9. The van der Waals surface area contributed by atoms with Crippen LogP contribution in [0.1, 0.15) is 10.4 Å². The molecule has 72 valence electrons. The fraction of sp³-hybridized carbons (Fsp3) is 0.125. The van der Waals surface area contributed by atoms with Crippen LogP contribution in [-0.2, 0) is 7.05 Å². The molecule has 0 saturated carbocycles. The van der Waals surface area contributed by atoms with E-state index >= 15 is 0 Å². The van der Waals surface area contributed by atoms with Crippen molar-refractivity contribution < 1.29 is 9.90 Å². The summed E-state index contributed by atoms with van der Waals surface area (Å²) in [7, 11) is 1.73. The number of imidazole rings is 1. The van der Waals surface area contributed by atoms with Crippen LogP contribution in [0.5, 0.6) is 0 Å². The SMILES string of the molecule is Cn1cnc2nc(Br)cc(C(=O)O)c21. The first-order valence-corrected chi connectivity index (χ1v) is 4.60. The van der Waals surface area contributed by atoms with Crippen molar-refractivity contribution in [3.8, 4) is 0 Å². The van der Waals surface area contributed by atoms with Gasteiger partial charge in [0.15, 0.2) is 5.65 Å². The third kappa shape index (κ3) is 1.27. The van der Waals surface area contributed by atoms with Crippen LogP contribution < -0.4 is 0 Å². The summed E-state index contributed by atoms with van der Waals surface area (Å²) in [6, 6.07) is 1.46. The Kier molecular flexibility index (Phi) is 1.99. The highest BCUT2D eigenvalue weighted by Gasteiger charge is 2.14.